The van der Waals surface area contributed by atoms with Crippen molar-refractivity contribution in [3.63, 3.8) is 0 Å². The number of rotatable bonds is 7. The summed E-state index contributed by atoms with van der Waals surface area (Å²) in [6.07, 6.45) is 5.87. The number of fused-ring (bicyclic) bond motifs is 1. The third kappa shape index (κ3) is 6.09. The van der Waals surface area contributed by atoms with Crippen molar-refractivity contribution in [1.82, 2.24) is 4.90 Å². The van der Waals surface area contributed by atoms with Crippen LogP contribution in [0.4, 0.5) is 0 Å². The molecule has 2 aromatic rings. The molecule has 1 saturated heterocycles. The molecule has 4 heteroatoms. The highest BCUT2D eigenvalue weighted by atomic mass is 16.5. The van der Waals surface area contributed by atoms with Crippen molar-refractivity contribution in [2.75, 3.05) is 19.7 Å². The zero-order valence-corrected chi connectivity index (χ0v) is 20.9. The number of carbonyl (C=O) groups is 1. The maximum absolute atomic E-state index is 12.0. The molecule has 4 nitrogen and oxygen atoms in total. The summed E-state index contributed by atoms with van der Waals surface area (Å²) in [7, 11) is 0. The molecule has 4 rings (SSSR count). The first-order valence-electron chi connectivity index (χ1n) is 13.0. The summed E-state index contributed by atoms with van der Waals surface area (Å²) < 4.78 is 11.8. The maximum Gasteiger partial charge on any atom is 0.309 e. The molecule has 33 heavy (non-hydrogen) atoms. The summed E-state index contributed by atoms with van der Waals surface area (Å²) >= 11 is 0. The van der Waals surface area contributed by atoms with Crippen LogP contribution in [0.5, 0.6) is 5.75 Å². The fourth-order valence-corrected chi connectivity index (χ4v) is 5.72. The number of piperidine rings is 1. The van der Waals surface area contributed by atoms with Crippen LogP contribution < -0.4 is 4.74 Å². The van der Waals surface area contributed by atoms with E-state index in [0.717, 1.165) is 50.6 Å². The van der Waals surface area contributed by atoms with Crippen LogP contribution in [0.1, 0.15) is 65.4 Å². The number of ether oxygens (including phenoxy) is 2. The lowest BCUT2D eigenvalue weighted by Gasteiger charge is -2.37. The quantitative estimate of drug-likeness (QED) is 0.453. The minimum atomic E-state index is -0.0247. The molecule has 0 bridgehead atoms. The number of nitrogens with zero attached hydrogens (tertiary/aromatic N) is 1. The van der Waals surface area contributed by atoms with E-state index in [2.05, 4.69) is 62.1 Å². The zero-order chi connectivity index (χ0) is 23.4. The number of esters is 1. The van der Waals surface area contributed by atoms with Gasteiger partial charge in [0.05, 0.1) is 12.5 Å². The van der Waals surface area contributed by atoms with Gasteiger partial charge in [0.25, 0.3) is 0 Å². The molecular formula is C29H41NO3. The summed E-state index contributed by atoms with van der Waals surface area (Å²) in [6, 6.07) is 13.3. The predicted molar refractivity (Wildman–Crippen MR) is 134 cm³/mol. The van der Waals surface area contributed by atoms with Gasteiger partial charge in [-0.1, -0.05) is 45.4 Å². The Morgan fingerprint density at radius 2 is 1.76 bits per heavy atom. The van der Waals surface area contributed by atoms with Crippen molar-refractivity contribution >= 4 is 16.7 Å². The Morgan fingerprint density at radius 1 is 1.03 bits per heavy atom. The number of hydrogen-bond donors (Lipinski definition) is 0. The molecule has 1 aliphatic carbocycles. The van der Waals surface area contributed by atoms with Crippen LogP contribution >= 0.6 is 0 Å². The van der Waals surface area contributed by atoms with Crippen molar-refractivity contribution < 1.29 is 14.3 Å². The highest BCUT2D eigenvalue weighted by Crippen LogP contribution is 2.36. The van der Waals surface area contributed by atoms with E-state index in [1.807, 2.05) is 6.92 Å². The molecule has 1 aliphatic heterocycles. The Hall–Kier alpha value is -2.07. The lowest BCUT2D eigenvalue weighted by atomic mass is 9.75. The second-order valence-electron chi connectivity index (χ2n) is 10.6. The Morgan fingerprint density at radius 3 is 2.48 bits per heavy atom. The molecule has 2 aromatic carbocycles. The van der Waals surface area contributed by atoms with Gasteiger partial charge in [-0.3, -0.25) is 9.69 Å². The molecule has 2 aliphatic rings. The van der Waals surface area contributed by atoms with Crippen molar-refractivity contribution in [1.29, 1.82) is 0 Å². The number of likely N-dealkylation sites (tertiary alicyclic amines) is 1. The van der Waals surface area contributed by atoms with Crippen LogP contribution in [-0.4, -0.2) is 36.7 Å². The molecule has 2 fully saturated rings. The van der Waals surface area contributed by atoms with E-state index in [9.17, 15) is 4.79 Å². The van der Waals surface area contributed by atoms with E-state index < -0.39 is 0 Å². The monoisotopic (exact) mass is 451 g/mol. The average Bonchev–Trinajstić information content (AvgIpc) is 2.79. The van der Waals surface area contributed by atoms with Crippen LogP contribution in [-0.2, 0) is 16.1 Å². The fraction of sp³-hybridized carbons (Fsp3) is 0.621. The van der Waals surface area contributed by atoms with Gasteiger partial charge in [-0.15, -0.1) is 0 Å². The summed E-state index contributed by atoms with van der Waals surface area (Å²) in [4.78, 5) is 14.4. The van der Waals surface area contributed by atoms with Crippen molar-refractivity contribution in [3.05, 3.63) is 42.0 Å². The molecule has 0 radical (unpaired) electrons. The molecule has 0 aromatic heterocycles. The lowest BCUT2D eigenvalue weighted by molar-refractivity contribution is -0.149. The van der Waals surface area contributed by atoms with Crippen LogP contribution in [0, 0.1) is 23.7 Å². The number of carbonyl (C=O) groups excluding carboxylic acids is 1. The van der Waals surface area contributed by atoms with Gasteiger partial charge >= 0.3 is 5.97 Å². The van der Waals surface area contributed by atoms with Gasteiger partial charge in [0.15, 0.2) is 0 Å². The van der Waals surface area contributed by atoms with Gasteiger partial charge in [-0.25, -0.2) is 0 Å². The van der Waals surface area contributed by atoms with E-state index in [1.54, 1.807) is 0 Å². The largest absolute Gasteiger partial charge is 0.490 e. The average molecular weight is 452 g/mol. The van der Waals surface area contributed by atoms with Crippen molar-refractivity contribution in [2.24, 2.45) is 23.7 Å². The molecule has 0 N–H and O–H groups in total. The van der Waals surface area contributed by atoms with Crippen LogP contribution in [0.25, 0.3) is 10.8 Å². The minimum Gasteiger partial charge on any atom is -0.490 e. The molecular weight excluding hydrogens is 410 g/mol. The third-order valence-electron chi connectivity index (χ3n) is 7.74. The van der Waals surface area contributed by atoms with Gasteiger partial charge in [-0.05, 0) is 98.0 Å². The van der Waals surface area contributed by atoms with Gasteiger partial charge in [-0.2, -0.15) is 0 Å². The SMILES string of the molecule is CCOC(=O)C1CCN(Cc2ccc3cc(OC4CC(C)CCC4C(C)C)ccc3c2)CC1. The lowest BCUT2D eigenvalue weighted by Crippen LogP contribution is -2.36. The fourth-order valence-electron chi connectivity index (χ4n) is 5.72. The van der Waals surface area contributed by atoms with E-state index in [4.69, 9.17) is 9.47 Å². The summed E-state index contributed by atoms with van der Waals surface area (Å²) in [5, 5.41) is 2.50. The van der Waals surface area contributed by atoms with E-state index in [0.29, 0.717) is 24.5 Å². The molecule has 3 atom stereocenters. The van der Waals surface area contributed by atoms with Crippen LogP contribution in [0.3, 0.4) is 0 Å². The highest BCUT2D eigenvalue weighted by Gasteiger charge is 2.32. The second kappa shape index (κ2) is 10.9. The predicted octanol–water partition coefficient (Wildman–Crippen LogP) is 6.45. The summed E-state index contributed by atoms with van der Waals surface area (Å²) in [5.74, 6) is 3.10. The third-order valence-corrected chi connectivity index (χ3v) is 7.74. The maximum atomic E-state index is 12.0. The Balaban J connectivity index is 1.37. The van der Waals surface area contributed by atoms with E-state index in [-0.39, 0.29) is 11.9 Å². The summed E-state index contributed by atoms with van der Waals surface area (Å²) in [5.41, 5.74) is 1.33. The van der Waals surface area contributed by atoms with Crippen molar-refractivity contribution in [3.8, 4) is 5.75 Å². The molecule has 0 amide bonds. The standard InChI is InChI=1S/C29H41NO3/c1-5-32-29(31)23-12-14-30(15-13-23)19-22-7-8-25-18-26(10-9-24(25)17-22)33-28-16-21(4)6-11-27(28)20(2)3/h7-10,17-18,20-21,23,27-28H,5-6,11-16,19H2,1-4H3. The van der Waals surface area contributed by atoms with Crippen molar-refractivity contribution in [2.45, 2.75) is 72.4 Å². The highest BCUT2D eigenvalue weighted by molar-refractivity contribution is 5.84. The zero-order valence-electron chi connectivity index (χ0n) is 20.9. The first-order chi connectivity index (χ1) is 15.9. The number of hydrogen-bond acceptors (Lipinski definition) is 4. The normalized spacial score (nSPS) is 24.8. The summed E-state index contributed by atoms with van der Waals surface area (Å²) in [6.45, 7) is 12.2. The van der Waals surface area contributed by atoms with Gasteiger partial charge in [0, 0.05) is 6.54 Å². The first-order valence-corrected chi connectivity index (χ1v) is 13.0. The molecule has 180 valence electrons. The topological polar surface area (TPSA) is 38.8 Å². The van der Waals surface area contributed by atoms with Gasteiger partial charge in [0.2, 0.25) is 0 Å². The smallest absolute Gasteiger partial charge is 0.309 e. The Labute approximate surface area is 199 Å². The molecule has 1 saturated carbocycles. The van der Waals surface area contributed by atoms with E-state index >= 15 is 0 Å². The van der Waals surface area contributed by atoms with Gasteiger partial charge in [0.1, 0.15) is 11.9 Å². The second-order valence-corrected chi connectivity index (χ2v) is 10.6. The molecule has 3 unspecified atom stereocenters. The Bertz CT molecular complexity index is 932. The van der Waals surface area contributed by atoms with Crippen LogP contribution in [0.15, 0.2) is 36.4 Å². The van der Waals surface area contributed by atoms with Crippen LogP contribution in [0.2, 0.25) is 0 Å². The molecule has 1 heterocycles. The molecule has 0 spiro atoms. The minimum absolute atomic E-state index is 0.0247. The van der Waals surface area contributed by atoms with E-state index in [1.165, 1.54) is 29.2 Å². The Kier molecular flexibility index (Phi) is 7.95. The number of benzene rings is 2. The van der Waals surface area contributed by atoms with Gasteiger partial charge < -0.3 is 9.47 Å². The first kappa shape index (κ1) is 24.1.